The fraction of sp³-hybridized carbons (Fsp3) is 0. The Kier molecular flexibility index (Phi) is 0.507. The smallest absolute Gasteiger partial charge is 0.349 e. The molecule has 0 atom stereocenters. The van der Waals surface area contributed by atoms with Gasteiger partial charge in [-0.25, -0.2) is 9.28 Å². The van der Waals surface area contributed by atoms with Gasteiger partial charge in [-0.15, -0.1) is 4.07 Å². The average molecular weight is 105 g/mol. The Hall–Kier alpha value is -0.710. The molecule has 0 aliphatic heterocycles. The minimum absolute atomic E-state index is 0.444. The van der Waals surface area contributed by atoms with E-state index in [0.717, 1.165) is 0 Å². The second-order valence-corrected chi connectivity index (χ2v) is 1.55. The molecule has 0 aliphatic carbocycles. The van der Waals surface area contributed by atoms with E-state index >= 15 is 0 Å². The summed E-state index contributed by atoms with van der Waals surface area (Å²) in [4.78, 5) is 9.83. The van der Waals surface area contributed by atoms with Crippen molar-refractivity contribution in [2.75, 3.05) is 0 Å². The SMILES string of the molecule is NC(=O)n1[nH]s1. The Morgan fingerprint density at radius 2 is 2.50 bits per heavy atom. The number of rotatable bonds is 0. The number of hydrogen-bond acceptors (Lipinski definition) is 2. The minimum atomic E-state index is -0.444. The standard InChI is InChI=1S/CH3N3OS/c2-1(5)4-3-6-4/h3H,(H2,2,5). The van der Waals surface area contributed by atoms with Crippen molar-refractivity contribution in [1.82, 2.24) is 8.56 Å². The number of aromatic amines is 1. The van der Waals surface area contributed by atoms with E-state index in [-0.39, 0.29) is 0 Å². The van der Waals surface area contributed by atoms with E-state index < -0.39 is 6.03 Å². The van der Waals surface area contributed by atoms with Gasteiger partial charge < -0.3 is 5.73 Å². The molecule has 0 spiro atoms. The molecule has 1 aromatic rings. The number of amides is 1. The van der Waals surface area contributed by atoms with E-state index in [4.69, 9.17) is 5.73 Å². The van der Waals surface area contributed by atoms with Crippen molar-refractivity contribution < 1.29 is 4.79 Å². The number of hydrogen-bond donors (Lipinski definition) is 2. The van der Waals surface area contributed by atoms with Crippen molar-refractivity contribution in [3.8, 4) is 0 Å². The molecule has 1 rings (SSSR count). The van der Waals surface area contributed by atoms with Crippen molar-refractivity contribution in [2.45, 2.75) is 0 Å². The number of nitrogens with two attached hydrogens (primary N) is 1. The van der Waals surface area contributed by atoms with Crippen molar-refractivity contribution in [3.63, 3.8) is 0 Å². The number of H-pyrrole nitrogens is 1. The van der Waals surface area contributed by atoms with E-state index in [1.165, 1.54) is 15.8 Å². The van der Waals surface area contributed by atoms with Gasteiger partial charge in [-0.3, -0.25) is 0 Å². The monoisotopic (exact) mass is 105 g/mol. The molecule has 0 aromatic carbocycles. The molecule has 0 radical (unpaired) electrons. The molecule has 0 aliphatic rings. The lowest BCUT2D eigenvalue weighted by Gasteiger charge is -1.70. The van der Waals surface area contributed by atoms with E-state index in [2.05, 4.69) is 4.49 Å². The summed E-state index contributed by atoms with van der Waals surface area (Å²) in [7, 11) is 0. The highest BCUT2D eigenvalue weighted by molar-refractivity contribution is 7.05. The number of nitrogens with one attached hydrogen (secondary N) is 1. The van der Waals surface area contributed by atoms with Crippen LogP contribution in [0.25, 0.3) is 0 Å². The quantitative estimate of drug-likeness (QED) is 0.471. The van der Waals surface area contributed by atoms with Gasteiger partial charge in [0.2, 0.25) is 0 Å². The van der Waals surface area contributed by atoms with Crippen LogP contribution >= 0.6 is 11.7 Å². The van der Waals surface area contributed by atoms with Crippen LogP contribution in [0.15, 0.2) is 0 Å². The summed E-state index contributed by atoms with van der Waals surface area (Å²) >= 11 is 1.19. The number of primary amides is 1. The summed E-state index contributed by atoms with van der Waals surface area (Å²) in [5.41, 5.74) is 4.70. The summed E-state index contributed by atoms with van der Waals surface area (Å²) in [6.07, 6.45) is 0. The zero-order chi connectivity index (χ0) is 4.57. The Labute approximate surface area is 37.8 Å². The molecule has 6 heavy (non-hydrogen) atoms. The molecule has 0 saturated carbocycles. The zero-order valence-corrected chi connectivity index (χ0v) is 3.66. The van der Waals surface area contributed by atoms with Crippen LogP contribution in [-0.4, -0.2) is 14.6 Å². The normalized spacial score (nSPS) is 9.33. The summed E-state index contributed by atoms with van der Waals surface area (Å²) in [5, 5.41) is 0. The average Bonchev–Trinajstić information content (AvgIpc) is 2.06. The Balaban J connectivity index is 2.62. The number of carbonyl (C=O) groups is 1. The van der Waals surface area contributed by atoms with Crippen LogP contribution in [0.3, 0.4) is 0 Å². The maximum absolute atomic E-state index is 9.83. The van der Waals surface area contributed by atoms with E-state index in [1.807, 2.05) is 0 Å². The topological polar surface area (TPSA) is 63.8 Å². The molecule has 5 heteroatoms. The van der Waals surface area contributed by atoms with Crippen LogP contribution in [0.5, 0.6) is 0 Å². The van der Waals surface area contributed by atoms with Crippen molar-refractivity contribution in [1.29, 1.82) is 0 Å². The minimum Gasteiger partial charge on any atom is -0.349 e. The maximum Gasteiger partial charge on any atom is 0.349 e. The van der Waals surface area contributed by atoms with Gasteiger partial charge in [0.1, 0.15) is 0 Å². The summed E-state index contributed by atoms with van der Waals surface area (Å²) in [6, 6.07) is -0.444. The van der Waals surface area contributed by atoms with Crippen LogP contribution in [0.2, 0.25) is 0 Å². The molecule has 3 N–H and O–H groups in total. The first-order valence-electron chi connectivity index (χ1n) is 1.33. The summed E-state index contributed by atoms with van der Waals surface area (Å²) in [5.74, 6) is 0. The molecule has 1 heterocycles. The lowest BCUT2D eigenvalue weighted by Crippen LogP contribution is -2.12. The fourth-order valence-electron chi connectivity index (χ4n) is 0.110. The van der Waals surface area contributed by atoms with Crippen molar-refractivity contribution >= 4 is 17.8 Å². The molecule has 34 valence electrons. The van der Waals surface area contributed by atoms with E-state index in [1.54, 1.807) is 0 Å². The highest BCUT2D eigenvalue weighted by atomic mass is 32.1. The molecule has 1 aromatic heterocycles. The predicted octanol–water partition coefficient (Wildman–Crippen LogP) is -0.195. The predicted molar refractivity (Wildman–Crippen MR) is 21.6 cm³/mol. The van der Waals surface area contributed by atoms with Gasteiger partial charge in [-0.1, -0.05) is 0 Å². The Bertz CT molecular complexity index is 128. The molecule has 0 fully saturated rings. The van der Waals surface area contributed by atoms with Gasteiger partial charge in [-0.2, -0.15) is 0 Å². The number of carbonyl (C=O) groups excluding carboxylic acids is 1. The van der Waals surface area contributed by atoms with Crippen LogP contribution in [0.4, 0.5) is 4.79 Å². The Morgan fingerprint density at radius 1 is 2.00 bits per heavy atom. The highest BCUT2D eigenvalue weighted by Gasteiger charge is 1.98. The number of nitrogens with zero attached hydrogens (tertiary/aromatic N) is 1. The van der Waals surface area contributed by atoms with Gasteiger partial charge in [0.15, 0.2) is 0 Å². The van der Waals surface area contributed by atoms with Crippen LogP contribution < -0.4 is 5.73 Å². The van der Waals surface area contributed by atoms with Gasteiger partial charge in [0.05, 0.1) is 11.7 Å². The van der Waals surface area contributed by atoms with Crippen LogP contribution in [-0.2, 0) is 0 Å². The van der Waals surface area contributed by atoms with Gasteiger partial charge in [0, 0.05) is 0 Å². The second-order valence-electron chi connectivity index (χ2n) is 0.815. The third-order valence-electron chi connectivity index (χ3n) is 0.383. The van der Waals surface area contributed by atoms with Crippen molar-refractivity contribution in [2.24, 2.45) is 5.73 Å². The van der Waals surface area contributed by atoms with E-state index in [9.17, 15) is 4.79 Å². The van der Waals surface area contributed by atoms with Gasteiger partial charge >= 0.3 is 6.03 Å². The van der Waals surface area contributed by atoms with Gasteiger partial charge in [0.25, 0.3) is 0 Å². The molecule has 0 saturated heterocycles. The fourth-order valence-corrected chi connectivity index (χ4v) is 0.331. The molecule has 0 unspecified atom stereocenters. The maximum atomic E-state index is 9.83. The third-order valence-corrected chi connectivity index (χ3v) is 0.928. The molecule has 4 nitrogen and oxygen atoms in total. The first-order chi connectivity index (χ1) is 2.80. The largest absolute Gasteiger partial charge is 0.349 e. The first kappa shape index (κ1) is 3.48. The second kappa shape index (κ2) is 0.874. The van der Waals surface area contributed by atoms with Gasteiger partial charge in [-0.05, 0) is 0 Å². The Morgan fingerprint density at radius 3 is 2.50 bits per heavy atom. The van der Waals surface area contributed by atoms with Crippen LogP contribution in [0.1, 0.15) is 0 Å². The molecular weight excluding hydrogens is 102 g/mol. The number of aromatic nitrogens is 2. The lowest BCUT2D eigenvalue weighted by molar-refractivity contribution is 0.251. The zero-order valence-electron chi connectivity index (χ0n) is 2.84. The highest BCUT2D eigenvalue weighted by Crippen LogP contribution is 1.91. The molecule has 1 amide bonds. The molecule has 0 bridgehead atoms. The summed E-state index contributed by atoms with van der Waals surface area (Å²) in [6.45, 7) is 0. The van der Waals surface area contributed by atoms with Crippen molar-refractivity contribution in [3.05, 3.63) is 0 Å². The van der Waals surface area contributed by atoms with E-state index in [0.29, 0.717) is 0 Å². The summed E-state index contributed by atoms with van der Waals surface area (Å²) < 4.78 is 3.73. The third kappa shape index (κ3) is 0.436. The van der Waals surface area contributed by atoms with Crippen LogP contribution in [0, 0.1) is 0 Å². The lowest BCUT2D eigenvalue weighted by atomic mass is 11.2. The molecular formula is CH3N3OS. The first-order valence-corrected chi connectivity index (χ1v) is 2.10.